The second-order valence-electron chi connectivity index (χ2n) is 6.92. The fraction of sp³-hybridized carbons (Fsp3) is 0.529. The number of carbonyl (C=O) groups is 2. The number of halogens is 1. The first kappa shape index (κ1) is 18.2. The van der Waals surface area contributed by atoms with Crippen molar-refractivity contribution < 1.29 is 18.0 Å². The van der Waals surface area contributed by atoms with Gasteiger partial charge in [0.2, 0.25) is 5.91 Å². The topological polar surface area (TPSA) is 83.6 Å². The lowest BCUT2D eigenvalue weighted by Crippen LogP contribution is -2.69. The Hall–Kier alpha value is -1.60. The van der Waals surface area contributed by atoms with E-state index in [1.807, 2.05) is 13.8 Å². The van der Waals surface area contributed by atoms with Crippen molar-refractivity contribution in [3.05, 3.63) is 33.8 Å². The molecule has 2 saturated heterocycles. The maximum atomic E-state index is 12.8. The maximum Gasteiger partial charge on any atom is 0.255 e. The second kappa shape index (κ2) is 5.99. The molecule has 1 unspecified atom stereocenters. The first-order valence-corrected chi connectivity index (χ1v) is 10.2. The fourth-order valence-corrected chi connectivity index (χ4v) is 6.39. The van der Waals surface area contributed by atoms with Crippen LogP contribution in [-0.4, -0.2) is 55.8 Å². The minimum absolute atomic E-state index is 0.0164. The van der Waals surface area contributed by atoms with Crippen molar-refractivity contribution in [2.45, 2.75) is 25.0 Å². The summed E-state index contributed by atoms with van der Waals surface area (Å²) in [5.74, 6) is -1.20. The molecule has 2 amide bonds. The molecule has 1 N–H and O–H groups in total. The summed E-state index contributed by atoms with van der Waals surface area (Å²) in [5.41, 5.74) is 2.30. The number of rotatable bonds is 2. The van der Waals surface area contributed by atoms with E-state index in [-0.39, 0.29) is 30.7 Å². The molecule has 8 heteroatoms. The lowest BCUT2D eigenvalue weighted by Gasteiger charge is -2.49. The summed E-state index contributed by atoms with van der Waals surface area (Å²) >= 11 is 6.20. The molecule has 6 nitrogen and oxygen atoms in total. The third-order valence-corrected chi connectivity index (χ3v) is 8.38. The van der Waals surface area contributed by atoms with Gasteiger partial charge in [-0.15, -0.1) is 0 Å². The molecule has 25 heavy (non-hydrogen) atoms. The van der Waals surface area contributed by atoms with E-state index in [2.05, 4.69) is 5.32 Å². The number of benzene rings is 1. The molecule has 0 aliphatic carbocycles. The van der Waals surface area contributed by atoms with Crippen LogP contribution < -0.4 is 5.32 Å². The predicted molar refractivity (Wildman–Crippen MR) is 95.5 cm³/mol. The summed E-state index contributed by atoms with van der Waals surface area (Å²) < 4.78 is 23.9. The Kier molecular flexibility index (Phi) is 4.36. The molecule has 3 rings (SSSR count). The van der Waals surface area contributed by atoms with Crippen molar-refractivity contribution in [2.75, 3.05) is 25.9 Å². The summed E-state index contributed by atoms with van der Waals surface area (Å²) in [4.78, 5) is 26.3. The van der Waals surface area contributed by atoms with E-state index in [0.29, 0.717) is 17.0 Å². The van der Waals surface area contributed by atoms with E-state index in [1.165, 1.54) is 11.9 Å². The molecule has 1 atom stereocenters. The summed E-state index contributed by atoms with van der Waals surface area (Å²) in [7, 11) is -1.92. The highest BCUT2D eigenvalue weighted by atomic mass is 35.5. The van der Waals surface area contributed by atoms with E-state index in [4.69, 9.17) is 11.6 Å². The standard InChI is InChI=1S/C17H21ClN2O4S/c1-10-6-12(14(18)7-11(10)2)16(22)20-8-17(9-20)13(15(21)19-3)4-5-25(17,23)24/h6-7,13H,4-5,8-9H2,1-3H3,(H,19,21). The van der Waals surface area contributed by atoms with Crippen molar-refractivity contribution >= 4 is 33.3 Å². The van der Waals surface area contributed by atoms with Crippen molar-refractivity contribution in [3.63, 3.8) is 0 Å². The summed E-state index contributed by atoms with van der Waals surface area (Å²) in [5, 5.41) is 2.89. The number of carbonyl (C=O) groups excluding carboxylic acids is 2. The Morgan fingerprint density at radius 2 is 1.84 bits per heavy atom. The third-order valence-electron chi connectivity index (χ3n) is 5.51. The molecule has 2 fully saturated rings. The van der Waals surface area contributed by atoms with Crippen molar-refractivity contribution in [3.8, 4) is 0 Å². The molecule has 0 saturated carbocycles. The highest BCUT2D eigenvalue weighted by Gasteiger charge is 2.64. The number of amides is 2. The molecule has 0 aromatic heterocycles. The largest absolute Gasteiger partial charge is 0.359 e. The van der Waals surface area contributed by atoms with Gasteiger partial charge in [0.05, 0.1) is 22.3 Å². The van der Waals surface area contributed by atoms with Gasteiger partial charge in [-0.25, -0.2) is 8.42 Å². The SMILES string of the molecule is CNC(=O)C1CCS(=O)(=O)C12CN(C(=O)c1cc(C)c(C)cc1Cl)C2. The number of sulfone groups is 1. The van der Waals surface area contributed by atoms with Gasteiger partial charge in [-0.1, -0.05) is 11.6 Å². The van der Waals surface area contributed by atoms with Crippen LogP contribution in [-0.2, 0) is 14.6 Å². The van der Waals surface area contributed by atoms with Crippen LogP contribution in [0.4, 0.5) is 0 Å². The quantitative estimate of drug-likeness (QED) is 0.833. The molecule has 2 aliphatic rings. The maximum absolute atomic E-state index is 12.8. The Bertz CT molecular complexity index is 860. The highest BCUT2D eigenvalue weighted by Crippen LogP contribution is 2.45. The predicted octanol–water partition coefficient (Wildman–Crippen LogP) is 1.33. The normalized spacial score (nSPS) is 23.4. The van der Waals surface area contributed by atoms with Crippen LogP contribution in [0.5, 0.6) is 0 Å². The Morgan fingerprint density at radius 1 is 1.24 bits per heavy atom. The van der Waals surface area contributed by atoms with Gasteiger partial charge in [0, 0.05) is 20.1 Å². The molecule has 1 spiro atoms. The zero-order valence-corrected chi connectivity index (χ0v) is 16.0. The molecular formula is C17H21ClN2O4S. The van der Waals surface area contributed by atoms with Gasteiger partial charge in [-0.2, -0.15) is 0 Å². The zero-order valence-electron chi connectivity index (χ0n) is 14.4. The van der Waals surface area contributed by atoms with Crippen LogP contribution >= 0.6 is 11.6 Å². The smallest absolute Gasteiger partial charge is 0.255 e. The molecule has 2 aliphatic heterocycles. The van der Waals surface area contributed by atoms with Crippen molar-refractivity contribution in [1.82, 2.24) is 10.2 Å². The number of nitrogens with one attached hydrogen (secondary N) is 1. The lowest BCUT2D eigenvalue weighted by molar-refractivity contribution is -0.126. The number of nitrogens with zero attached hydrogens (tertiary/aromatic N) is 1. The lowest BCUT2D eigenvalue weighted by atomic mass is 9.82. The molecule has 2 heterocycles. The first-order chi connectivity index (χ1) is 11.6. The molecule has 0 bridgehead atoms. The molecule has 0 radical (unpaired) electrons. The Balaban J connectivity index is 1.86. The van der Waals surface area contributed by atoms with Crippen LogP contribution in [0.15, 0.2) is 12.1 Å². The minimum atomic E-state index is -3.42. The third kappa shape index (κ3) is 2.64. The van der Waals surface area contributed by atoms with E-state index in [9.17, 15) is 18.0 Å². The Labute approximate surface area is 152 Å². The van der Waals surface area contributed by atoms with Gasteiger partial charge >= 0.3 is 0 Å². The molecular weight excluding hydrogens is 364 g/mol. The van der Waals surface area contributed by atoms with Gasteiger partial charge in [0.15, 0.2) is 9.84 Å². The molecule has 1 aromatic carbocycles. The van der Waals surface area contributed by atoms with Crippen molar-refractivity contribution in [2.24, 2.45) is 5.92 Å². The van der Waals surface area contributed by atoms with Gasteiger partial charge in [0.1, 0.15) is 4.75 Å². The average Bonchev–Trinajstić information content (AvgIpc) is 2.79. The number of likely N-dealkylation sites (tertiary alicyclic amines) is 1. The number of hydrogen-bond donors (Lipinski definition) is 1. The Morgan fingerprint density at radius 3 is 2.44 bits per heavy atom. The van der Waals surface area contributed by atoms with Crippen LogP contribution in [0.3, 0.4) is 0 Å². The van der Waals surface area contributed by atoms with E-state index < -0.39 is 20.5 Å². The van der Waals surface area contributed by atoms with Crippen LogP contribution in [0.2, 0.25) is 5.02 Å². The van der Waals surface area contributed by atoms with Crippen LogP contribution in [0, 0.1) is 19.8 Å². The van der Waals surface area contributed by atoms with Crippen LogP contribution in [0.1, 0.15) is 27.9 Å². The van der Waals surface area contributed by atoms with Crippen molar-refractivity contribution in [1.29, 1.82) is 0 Å². The fourth-order valence-electron chi connectivity index (χ4n) is 3.78. The van der Waals surface area contributed by atoms with E-state index >= 15 is 0 Å². The highest BCUT2D eigenvalue weighted by molar-refractivity contribution is 7.93. The summed E-state index contributed by atoms with van der Waals surface area (Å²) in [6.45, 7) is 3.88. The zero-order chi connectivity index (χ0) is 18.6. The summed E-state index contributed by atoms with van der Waals surface area (Å²) in [6.07, 6.45) is 0.300. The monoisotopic (exact) mass is 384 g/mol. The van der Waals surface area contributed by atoms with Crippen LogP contribution in [0.25, 0.3) is 0 Å². The van der Waals surface area contributed by atoms with Gasteiger partial charge < -0.3 is 10.2 Å². The second-order valence-corrected chi connectivity index (χ2v) is 9.77. The summed E-state index contributed by atoms with van der Waals surface area (Å²) in [6, 6.07) is 3.46. The number of aryl methyl sites for hydroxylation is 2. The first-order valence-electron chi connectivity index (χ1n) is 8.13. The van der Waals surface area contributed by atoms with Gasteiger partial charge in [-0.05, 0) is 43.5 Å². The van der Waals surface area contributed by atoms with Gasteiger partial charge in [-0.3, -0.25) is 9.59 Å². The van der Waals surface area contributed by atoms with Gasteiger partial charge in [0.25, 0.3) is 5.91 Å². The van der Waals surface area contributed by atoms with E-state index in [1.54, 1.807) is 12.1 Å². The molecule has 1 aromatic rings. The number of hydrogen-bond acceptors (Lipinski definition) is 4. The average molecular weight is 385 g/mol. The minimum Gasteiger partial charge on any atom is -0.359 e. The molecule has 136 valence electrons. The van der Waals surface area contributed by atoms with E-state index in [0.717, 1.165) is 11.1 Å².